The predicted octanol–water partition coefficient (Wildman–Crippen LogP) is 1.01. The molecule has 2 saturated heterocycles. The largest absolute Gasteiger partial charge is 0.390 e. The lowest BCUT2D eigenvalue weighted by molar-refractivity contribution is -0.0732. The Hall–Kier alpha value is -0.860. The molecule has 4 nitrogen and oxygen atoms in total. The van der Waals surface area contributed by atoms with Gasteiger partial charge >= 0.3 is 0 Å². The van der Waals surface area contributed by atoms with Crippen LogP contribution in [-0.2, 0) is 9.47 Å². The first-order valence-electron chi connectivity index (χ1n) is 6.93. The quantitative estimate of drug-likeness (QED) is 0.746. The van der Waals surface area contributed by atoms with E-state index in [-0.39, 0.29) is 24.4 Å². The molecule has 0 saturated carbocycles. The molecule has 0 amide bonds. The smallest absolute Gasteiger partial charge is 0.0874 e. The molecule has 0 bridgehead atoms. The summed E-state index contributed by atoms with van der Waals surface area (Å²) in [6.07, 6.45) is 9.63. The van der Waals surface area contributed by atoms with Gasteiger partial charge in [0.05, 0.1) is 36.6 Å². The molecule has 0 aromatic carbocycles. The molecule has 0 aromatic heterocycles. The van der Waals surface area contributed by atoms with Gasteiger partial charge in [0.2, 0.25) is 0 Å². The molecule has 0 unspecified atom stereocenters. The van der Waals surface area contributed by atoms with Crippen LogP contribution in [-0.4, -0.2) is 46.8 Å². The van der Waals surface area contributed by atoms with E-state index in [0.29, 0.717) is 19.3 Å². The highest BCUT2D eigenvalue weighted by molar-refractivity contribution is 5.09. The van der Waals surface area contributed by atoms with Crippen molar-refractivity contribution < 1.29 is 19.7 Å². The third kappa shape index (κ3) is 3.37. The number of ether oxygens (including phenoxy) is 2. The van der Waals surface area contributed by atoms with Crippen molar-refractivity contribution in [1.29, 1.82) is 0 Å². The predicted molar refractivity (Wildman–Crippen MR) is 71.5 cm³/mol. The molecule has 2 rings (SSSR count). The molecule has 0 aliphatic carbocycles. The summed E-state index contributed by atoms with van der Waals surface area (Å²) in [4.78, 5) is 0. The first-order chi connectivity index (χ1) is 9.15. The molecular weight excluding hydrogens is 244 g/mol. The van der Waals surface area contributed by atoms with Gasteiger partial charge in [0.1, 0.15) is 0 Å². The lowest BCUT2D eigenvalue weighted by Crippen LogP contribution is -2.26. The molecular formula is C15H22O4. The van der Waals surface area contributed by atoms with Crippen molar-refractivity contribution in [1.82, 2.24) is 0 Å². The lowest BCUT2D eigenvalue weighted by Gasteiger charge is -2.19. The van der Waals surface area contributed by atoms with Crippen LogP contribution in [0.1, 0.15) is 32.6 Å². The highest BCUT2D eigenvalue weighted by Crippen LogP contribution is 2.33. The van der Waals surface area contributed by atoms with Gasteiger partial charge in [-0.05, 0) is 18.9 Å². The van der Waals surface area contributed by atoms with E-state index < -0.39 is 12.2 Å². The van der Waals surface area contributed by atoms with Crippen molar-refractivity contribution in [3.63, 3.8) is 0 Å². The molecule has 0 radical (unpaired) electrons. The first kappa shape index (κ1) is 14.5. The highest BCUT2D eigenvalue weighted by Gasteiger charge is 2.43. The van der Waals surface area contributed by atoms with E-state index >= 15 is 0 Å². The summed E-state index contributed by atoms with van der Waals surface area (Å²) in [7, 11) is 0. The Morgan fingerprint density at radius 1 is 1.16 bits per heavy atom. The van der Waals surface area contributed by atoms with Crippen molar-refractivity contribution in [3.05, 3.63) is 12.2 Å². The minimum absolute atomic E-state index is 0.105. The number of aliphatic hydroxyl groups is 2. The Morgan fingerprint density at radius 3 is 2.26 bits per heavy atom. The minimum atomic E-state index is -0.492. The van der Waals surface area contributed by atoms with Gasteiger partial charge in [-0.2, -0.15) is 0 Å². The van der Waals surface area contributed by atoms with Crippen LogP contribution >= 0.6 is 0 Å². The van der Waals surface area contributed by atoms with Gasteiger partial charge < -0.3 is 19.7 Å². The molecule has 2 N–H and O–H groups in total. The van der Waals surface area contributed by atoms with E-state index in [9.17, 15) is 10.2 Å². The van der Waals surface area contributed by atoms with Crippen molar-refractivity contribution in [3.8, 4) is 12.3 Å². The number of terminal acetylenes is 1. The zero-order valence-corrected chi connectivity index (χ0v) is 11.2. The van der Waals surface area contributed by atoms with Crippen LogP contribution in [0.3, 0.4) is 0 Å². The van der Waals surface area contributed by atoms with Gasteiger partial charge in [-0.3, -0.25) is 0 Å². The van der Waals surface area contributed by atoms with Crippen LogP contribution < -0.4 is 0 Å². The average Bonchev–Trinajstić information content (AvgIpc) is 2.93. The molecule has 2 heterocycles. The Labute approximate surface area is 114 Å². The van der Waals surface area contributed by atoms with Crippen LogP contribution in [0, 0.1) is 12.3 Å². The summed E-state index contributed by atoms with van der Waals surface area (Å²) in [5.41, 5.74) is 0. The van der Waals surface area contributed by atoms with E-state index in [2.05, 4.69) is 5.92 Å². The van der Waals surface area contributed by atoms with E-state index in [0.717, 1.165) is 6.42 Å². The Morgan fingerprint density at radius 2 is 1.74 bits per heavy atom. The topological polar surface area (TPSA) is 58.9 Å². The van der Waals surface area contributed by atoms with Gasteiger partial charge in [-0.15, -0.1) is 6.42 Å². The molecule has 2 fully saturated rings. The van der Waals surface area contributed by atoms with E-state index in [1.54, 1.807) is 6.08 Å². The summed E-state index contributed by atoms with van der Waals surface area (Å²) in [5.74, 6) is 2.42. The Balaban J connectivity index is 1.87. The molecule has 4 heteroatoms. The fourth-order valence-electron chi connectivity index (χ4n) is 2.85. The van der Waals surface area contributed by atoms with Crippen LogP contribution in [0.5, 0.6) is 0 Å². The van der Waals surface area contributed by atoms with Crippen molar-refractivity contribution in [2.24, 2.45) is 0 Å². The molecule has 6 atom stereocenters. The van der Waals surface area contributed by atoms with E-state index in [4.69, 9.17) is 15.9 Å². The van der Waals surface area contributed by atoms with Crippen LogP contribution in [0.4, 0.5) is 0 Å². The lowest BCUT2D eigenvalue weighted by atomic mass is 10.0. The standard InChI is InChI=1S/C15H22O4/c1-3-5-6-7-13-11(17)9-15(19-13)14-8-10(16)12(4-2)18-14/h1,5-6,10-17H,4,7-9H2,2H3/b6-5+/t10-,11-,12-,13+,14-,15+/m1/s1. The maximum absolute atomic E-state index is 9.98. The number of aliphatic hydroxyl groups excluding tert-OH is 2. The number of rotatable bonds is 4. The van der Waals surface area contributed by atoms with Crippen LogP contribution in [0.15, 0.2) is 12.2 Å². The van der Waals surface area contributed by atoms with E-state index in [1.165, 1.54) is 0 Å². The SMILES string of the molecule is C#C/C=C/C[C@@H]1O[C@H]([C@H]2C[C@@H](O)[C@@H](CC)O2)C[C@H]1O. The maximum atomic E-state index is 9.98. The Bertz CT molecular complexity index is 360. The fourth-order valence-corrected chi connectivity index (χ4v) is 2.85. The first-order valence-corrected chi connectivity index (χ1v) is 6.93. The molecule has 2 aliphatic heterocycles. The van der Waals surface area contributed by atoms with Crippen molar-refractivity contribution >= 4 is 0 Å². The second-order valence-corrected chi connectivity index (χ2v) is 5.25. The third-order valence-electron chi connectivity index (χ3n) is 3.90. The van der Waals surface area contributed by atoms with Gasteiger partial charge in [-0.25, -0.2) is 0 Å². The normalized spacial score (nSPS) is 42.8. The van der Waals surface area contributed by atoms with Gasteiger partial charge in [-0.1, -0.05) is 18.9 Å². The number of hydrogen-bond acceptors (Lipinski definition) is 4. The minimum Gasteiger partial charge on any atom is -0.390 e. The van der Waals surface area contributed by atoms with Crippen molar-refractivity contribution in [2.75, 3.05) is 0 Å². The van der Waals surface area contributed by atoms with Gasteiger partial charge in [0, 0.05) is 12.8 Å². The Kier molecular flexibility index (Phi) is 5.00. The number of allylic oxidation sites excluding steroid dienone is 1. The zero-order chi connectivity index (χ0) is 13.8. The summed E-state index contributed by atoms with van der Waals surface area (Å²) in [6.45, 7) is 1.99. The molecule has 2 aliphatic rings. The van der Waals surface area contributed by atoms with Crippen LogP contribution in [0.25, 0.3) is 0 Å². The second-order valence-electron chi connectivity index (χ2n) is 5.25. The fraction of sp³-hybridized carbons (Fsp3) is 0.733. The van der Waals surface area contributed by atoms with Gasteiger partial charge in [0.25, 0.3) is 0 Å². The summed E-state index contributed by atoms with van der Waals surface area (Å²) in [5, 5.41) is 19.8. The summed E-state index contributed by atoms with van der Waals surface area (Å²) >= 11 is 0. The summed E-state index contributed by atoms with van der Waals surface area (Å²) in [6, 6.07) is 0. The highest BCUT2D eigenvalue weighted by atomic mass is 16.6. The monoisotopic (exact) mass is 266 g/mol. The second kappa shape index (κ2) is 6.53. The molecule has 0 aromatic rings. The van der Waals surface area contributed by atoms with E-state index in [1.807, 2.05) is 13.0 Å². The molecule has 19 heavy (non-hydrogen) atoms. The van der Waals surface area contributed by atoms with Gasteiger partial charge in [0.15, 0.2) is 0 Å². The molecule has 0 spiro atoms. The average molecular weight is 266 g/mol. The van der Waals surface area contributed by atoms with Crippen LogP contribution in [0.2, 0.25) is 0 Å². The molecule has 106 valence electrons. The summed E-state index contributed by atoms with van der Waals surface area (Å²) < 4.78 is 11.6. The van der Waals surface area contributed by atoms with Crippen molar-refractivity contribution in [2.45, 2.75) is 69.2 Å². The number of hydrogen-bond donors (Lipinski definition) is 2. The maximum Gasteiger partial charge on any atom is 0.0874 e. The third-order valence-corrected chi connectivity index (χ3v) is 3.90. The zero-order valence-electron chi connectivity index (χ0n) is 11.2.